The molecule has 20 heavy (non-hydrogen) atoms. The average Bonchev–Trinajstić information content (AvgIpc) is 3.25. The minimum atomic E-state index is 0.304. The van der Waals surface area contributed by atoms with Gasteiger partial charge in [0.1, 0.15) is 11.6 Å². The Morgan fingerprint density at radius 1 is 1.40 bits per heavy atom. The first-order chi connectivity index (χ1) is 9.78. The van der Waals surface area contributed by atoms with E-state index in [1.165, 1.54) is 18.4 Å². The average molecular weight is 275 g/mol. The van der Waals surface area contributed by atoms with Gasteiger partial charge in [0, 0.05) is 37.0 Å². The normalized spacial score (nSPS) is 21.9. The van der Waals surface area contributed by atoms with Gasteiger partial charge in [0.2, 0.25) is 0 Å². The maximum absolute atomic E-state index is 8.64. The molecule has 0 saturated heterocycles. The van der Waals surface area contributed by atoms with Crippen molar-refractivity contribution in [3.8, 4) is 5.75 Å². The van der Waals surface area contributed by atoms with Crippen LogP contribution in [-0.4, -0.2) is 41.7 Å². The van der Waals surface area contributed by atoms with Gasteiger partial charge in [-0.2, -0.15) is 0 Å². The molecular weight excluding hydrogens is 254 g/mol. The lowest BCUT2D eigenvalue weighted by Crippen LogP contribution is -2.34. The van der Waals surface area contributed by atoms with E-state index in [2.05, 4.69) is 22.2 Å². The summed E-state index contributed by atoms with van der Waals surface area (Å²) >= 11 is 0. The van der Waals surface area contributed by atoms with Crippen molar-refractivity contribution >= 4 is 5.84 Å². The van der Waals surface area contributed by atoms with Crippen LogP contribution in [0.4, 0.5) is 0 Å². The molecule has 108 valence electrons. The maximum Gasteiger partial charge on any atom is 0.140 e. The summed E-state index contributed by atoms with van der Waals surface area (Å²) in [5, 5.41) is 11.7. The Morgan fingerprint density at radius 3 is 2.95 bits per heavy atom. The molecule has 2 aliphatic rings. The van der Waals surface area contributed by atoms with Crippen molar-refractivity contribution in [3.63, 3.8) is 0 Å². The summed E-state index contributed by atoms with van der Waals surface area (Å²) in [6.45, 7) is 2.59. The second-order valence-electron chi connectivity index (χ2n) is 5.61. The quantitative estimate of drug-likeness (QED) is 0.359. The molecule has 3 rings (SSSR count). The second kappa shape index (κ2) is 5.71. The number of amidine groups is 1. The van der Waals surface area contributed by atoms with E-state index in [9.17, 15) is 0 Å². The third kappa shape index (κ3) is 2.88. The fourth-order valence-electron chi connectivity index (χ4n) is 2.83. The Labute approximate surface area is 119 Å². The molecule has 0 amide bonds. The molecule has 0 bridgehead atoms. The van der Waals surface area contributed by atoms with E-state index in [-0.39, 0.29) is 0 Å². The van der Waals surface area contributed by atoms with Crippen LogP contribution in [0.3, 0.4) is 0 Å². The molecule has 1 aliphatic carbocycles. The molecular formula is C15H21N3O2. The zero-order valence-corrected chi connectivity index (χ0v) is 11.5. The van der Waals surface area contributed by atoms with Crippen LogP contribution in [0.5, 0.6) is 5.75 Å². The van der Waals surface area contributed by atoms with E-state index in [1.54, 1.807) is 0 Å². The van der Waals surface area contributed by atoms with Crippen LogP contribution in [0.1, 0.15) is 30.7 Å². The number of nitrogens with two attached hydrogens (primary N) is 1. The predicted octanol–water partition coefficient (Wildman–Crippen LogP) is 1.76. The molecule has 1 fully saturated rings. The lowest BCUT2D eigenvalue weighted by atomic mass is 10.0. The minimum absolute atomic E-state index is 0.304. The van der Waals surface area contributed by atoms with Gasteiger partial charge in [0.15, 0.2) is 0 Å². The molecule has 5 heteroatoms. The molecule has 5 nitrogen and oxygen atoms in total. The van der Waals surface area contributed by atoms with E-state index >= 15 is 0 Å². The Kier molecular flexibility index (Phi) is 3.78. The number of hydrogen-bond donors (Lipinski definition) is 2. The highest BCUT2D eigenvalue weighted by molar-refractivity contribution is 5.79. The van der Waals surface area contributed by atoms with E-state index in [0.717, 1.165) is 25.4 Å². The zero-order valence-electron chi connectivity index (χ0n) is 11.5. The van der Waals surface area contributed by atoms with Crippen molar-refractivity contribution in [1.29, 1.82) is 0 Å². The third-order valence-corrected chi connectivity index (χ3v) is 4.10. The summed E-state index contributed by atoms with van der Waals surface area (Å²) in [5.74, 6) is 1.75. The molecule has 1 atom stereocenters. The van der Waals surface area contributed by atoms with E-state index in [4.69, 9.17) is 15.7 Å². The van der Waals surface area contributed by atoms with Crippen LogP contribution < -0.4 is 10.5 Å². The van der Waals surface area contributed by atoms with E-state index in [1.807, 2.05) is 12.1 Å². The molecule has 1 aliphatic heterocycles. The highest BCUT2D eigenvalue weighted by Crippen LogP contribution is 2.36. The monoisotopic (exact) mass is 275 g/mol. The first-order valence-electron chi connectivity index (χ1n) is 7.20. The fraction of sp³-hybridized carbons (Fsp3) is 0.533. The molecule has 1 aromatic rings. The lowest BCUT2D eigenvalue weighted by Gasteiger charge is -2.24. The van der Waals surface area contributed by atoms with Gasteiger partial charge in [-0.25, -0.2) is 0 Å². The fourth-order valence-corrected chi connectivity index (χ4v) is 2.83. The number of nitrogens with zero attached hydrogens (tertiary/aromatic N) is 2. The number of hydrogen-bond acceptors (Lipinski definition) is 4. The second-order valence-corrected chi connectivity index (χ2v) is 5.61. The lowest BCUT2D eigenvalue weighted by molar-refractivity contribution is 0.228. The molecule has 1 aromatic carbocycles. The van der Waals surface area contributed by atoms with Crippen molar-refractivity contribution < 1.29 is 9.94 Å². The van der Waals surface area contributed by atoms with Crippen molar-refractivity contribution in [1.82, 2.24) is 4.90 Å². The maximum atomic E-state index is 8.64. The van der Waals surface area contributed by atoms with Crippen molar-refractivity contribution in [2.75, 3.05) is 19.7 Å². The Bertz CT molecular complexity index is 500. The first-order valence-corrected chi connectivity index (χ1v) is 7.20. The first kappa shape index (κ1) is 13.2. The summed E-state index contributed by atoms with van der Waals surface area (Å²) in [6, 6.07) is 8.93. The van der Waals surface area contributed by atoms with Gasteiger partial charge in [-0.15, -0.1) is 0 Å². The van der Waals surface area contributed by atoms with Crippen LogP contribution >= 0.6 is 0 Å². The van der Waals surface area contributed by atoms with Gasteiger partial charge >= 0.3 is 0 Å². The molecule has 0 radical (unpaired) electrons. The molecule has 0 aromatic heterocycles. The minimum Gasteiger partial charge on any atom is -0.493 e. The predicted molar refractivity (Wildman–Crippen MR) is 77.3 cm³/mol. The largest absolute Gasteiger partial charge is 0.493 e. The summed E-state index contributed by atoms with van der Waals surface area (Å²) in [5.41, 5.74) is 6.88. The van der Waals surface area contributed by atoms with Gasteiger partial charge in [0.25, 0.3) is 0 Å². The van der Waals surface area contributed by atoms with Crippen LogP contribution in [-0.2, 0) is 0 Å². The van der Waals surface area contributed by atoms with Gasteiger partial charge < -0.3 is 15.7 Å². The number of oxime groups is 1. The van der Waals surface area contributed by atoms with Crippen LogP contribution in [0.2, 0.25) is 0 Å². The Balaban J connectivity index is 1.63. The highest BCUT2D eigenvalue weighted by atomic mass is 16.5. The number of para-hydroxylation sites is 1. The highest BCUT2D eigenvalue weighted by Gasteiger charge is 2.33. The third-order valence-electron chi connectivity index (χ3n) is 4.10. The van der Waals surface area contributed by atoms with E-state index < -0.39 is 0 Å². The molecule has 1 saturated carbocycles. The Morgan fingerprint density at radius 2 is 2.20 bits per heavy atom. The number of rotatable bonds is 6. The molecule has 0 spiro atoms. The topological polar surface area (TPSA) is 71.1 Å². The van der Waals surface area contributed by atoms with Crippen molar-refractivity contribution in [2.45, 2.75) is 31.2 Å². The van der Waals surface area contributed by atoms with Gasteiger partial charge in [0.05, 0.1) is 6.61 Å². The number of fused-ring (bicyclic) bond motifs is 1. The van der Waals surface area contributed by atoms with Crippen LogP contribution in [0.15, 0.2) is 29.4 Å². The Hall–Kier alpha value is -1.75. The standard InChI is InChI=1S/C15H21N3O2/c16-15(17-19)7-8-18(12-5-6-12)9-11-10-20-14-4-2-1-3-13(11)14/h1-4,11-12,19H,5-10H2,(H2,16,17). The van der Waals surface area contributed by atoms with Gasteiger partial charge in [-0.3, -0.25) is 4.90 Å². The zero-order chi connectivity index (χ0) is 13.9. The van der Waals surface area contributed by atoms with Crippen molar-refractivity contribution in [2.24, 2.45) is 10.9 Å². The molecule has 1 unspecified atom stereocenters. The molecule has 1 heterocycles. The number of benzene rings is 1. The van der Waals surface area contributed by atoms with Gasteiger partial charge in [-0.05, 0) is 18.9 Å². The van der Waals surface area contributed by atoms with Crippen molar-refractivity contribution in [3.05, 3.63) is 29.8 Å². The summed E-state index contributed by atoms with van der Waals surface area (Å²) < 4.78 is 5.74. The number of ether oxygens (including phenoxy) is 1. The summed E-state index contributed by atoms with van der Waals surface area (Å²) in [4.78, 5) is 2.45. The van der Waals surface area contributed by atoms with E-state index in [0.29, 0.717) is 24.2 Å². The van der Waals surface area contributed by atoms with Crippen LogP contribution in [0, 0.1) is 0 Å². The molecule has 3 N–H and O–H groups in total. The summed E-state index contributed by atoms with van der Waals surface area (Å²) in [6.07, 6.45) is 3.12. The smallest absolute Gasteiger partial charge is 0.140 e. The SMILES string of the molecule is NC(CCN(CC1COc2ccccc21)C1CC1)=NO. The van der Waals surface area contributed by atoms with Crippen LogP contribution in [0.25, 0.3) is 0 Å². The summed E-state index contributed by atoms with van der Waals surface area (Å²) in [7, 11) is 0. The van der Waals surface area contributed by atoms with Gasteiger partial charge in [-0.1, -0.05) is 23.4 Å².